The molecule has 1 saturated heterocycles. The van der Waals surface area contributed by atoms with Crippen LogP contribution in [0.3, 0.4) is 0 Å². The smallest absolute Gasteiger partial charge is 0.251 e. The quantitative estimate of drug-likeness (QED) is 0.603. The van der Waals surface area contributed by atoms with Crippen LogP contribution in [0.5, 0.6) is 0 Å². The Morgan fingerprint density at radius 3 is 2.52 bits per heavy atom. The van der Waals surface area contributed by atoms with E-state index < -0.39 is 5.41 Å². The molecule has 5 rings (SSSR count). The summed E-state index contributed by atoms with van der Waals surface area (Å²) in [5.41, 5.74) is 2.98. The Morgan fingerprint density at radius 1 is 1.06 bits per heavy atom. The van der Waals surface area contributed by atoms with Gasteiger partial charge in [0.05, 0.1) is 11.6 Å². The molecule has 1 fully saturated rings. The molecule has 0 unspecified atom stereocenters. The SMILES string of the molecule is Cl.N#Cc1cc(CN2CC=C(C3(c4ccc(F)cc4)CCNCC3)C2=O)c2ccccc2c1. The number of carbonyl (C=O) groups is 1. The van der Waals surface area contributed by atoms with Gasteiger partial charge in [0.1, 0.15) is 5.82 Å². The number of fused-ring (bicyclic) bond motifs is 1. The van der Waals surface area contributed by atoms with Crippen LogP contribution >= 0.6 is 12.4 Å². The molecule has 3 aromatic rings. The van der Waals surface area contributed by atoms with Gasteiger partial charge >= 0.3 is 0 Å². The molecular formula is C27H25ClFN3O. The van der Waals surface area contributed by atoms with E-state index in [4.69, 9.17) is 0 Å². The number of hydrogen-bond acceptors (Lipinski definition) is 3. The lowest BCUT2D eigenvalue weighted by molar-refractivity contribution is -0.126. The van der Waals surface area contributed by atoms with Gasteiger partial charge in [-0.15, -0.1) is 12.4 Å². The summed E-state index contributed by atoms with van der Waals surface area (Å²) in [5.74, 6) is -0.238. The van der Waals surface area contributed by atoms with Crippen molar-refractivity contribution in [1.82, 2.24) is 10.2 Å². The van der Waals surface area contributed by atoms with Crippen LogP contribution in [0, 0.1) is 17.1 Å². The molecular weight excluding hydrogens is 437 g/mol. The number of nitriles is 1. The van der Waals surface area contributed by atoms with Crippen molar-refractivity contribution in [2.24, 2.45) is 0 Å². The van der Waals surface area contributed by atoms with Crippen molar-refractivity contribution in [3.05, 3.63) is 94.8 Å². The fourth-order valence-electron chi connectivity index (χ4n) is 5.21. The number of piperidine rings is 1. The molecule has 3 aromatic carbocycles. The highest BCUT2D eigenvalue weighted by Gasteiger charge is 2.43. The molecule has 2 aliphatic rings. The molecule has 1 amide bonds. The molecule has 0 atom stereocenters. The first-order valence-electron chi connectivity index (χ1n) is 11.0. The molecule has 2 aliphatic heterocycles. The van der Waals surface area contributed by atoms with Gasteiger partial charge in [0.2, 0.25) is 0 Å². The zero-order valence-electron chi connectivity index (χ0n) is 18.2. The number of halogens is 2. The van der Waals surface area contributed by atoms with E-state index in [1.54, 1.807) is 0 Å². The molecule has 0 radical (unpaired) electrons. The van der Waals surface area contributed by atoms with E-state index in [1.807, 2.05) is 59.5 Å². The average molecular weight is 462 g/mol. The Morgan fingerprint density at radius 2 is 1.79 bits per heavy atom. The van der Waals surface area contributed by atoms with Gasteiger partial charge in [-0.25, -0.2) is 4.39 Å². The molecule has 0 bridgehead atoms. The Kier molecular flexibility index (Phi) is 6.51. The van der Waals surface area contributed by atoms with Crippen molar-refractivity contribution in [3.8, 4) is 6.07 Å². The number of benzene rings is 3. The van der Waals surface area contributed by atoms with Crippen LogP contribution in [0.15, 0.2) is 72.3 Å². The average Bonchev–Trinajstić information content (AvgIpc) is 3.20. The van der Waals surface area contributed by atoms with Crippen LogP contribution in [-0.2, 0) is 16.8 Å². The van der Waals surface area contributed by atoms with Gasteiger partial charge in [0, 0.05) is 24.1 Å². The first kappa shape index (κ1) is 23.0. The van der Waals surface area contributed by atoms with E-state index >= 15 is 0 Å². The second-order valence-electron chi connectivity index (χ2n) is 8.61. The summed E-state index contributed by atoms with van der Waals surface area (Å²) in [6, 6.07) is 20.6. The minimum absolute atomic E-state index is 0. The standard InChI is InChI=1S/C27H24FN3O.ClH/c28-23-7-5-22(6-8-23)27(10-12-30-13-11-27)25-9-14-31(26(25)32)18-21-16-19(17-29)15-20-3-1-2-4-24(20)21;/h1-9,15-16,30H,10-14,18H2;1H. The van der Waals surface area contributed by atoms with Gasteiger partial charge in [-0.2, -0.15) is 5.26 Å². The van der Waals surface area contributed by atoms with Crippen LogP contribution in [-0.4, -0.2) is 30.4 Å². The van der Waals surface area contributed by atoms with Crippen LogP contribution in [0.2, 0.25) is 0 Å². The second-order valence-corrected chi connectivity index (χ2v) is 8.61. The maximum atomic E-state index is 13.6. The van der Waals surface area contributed by atoms with Crippen molar-refractivity contribution in [2.75, 3.05) is 19.6 Å². The third-order valence-electron chi connectivity index (χ3n) is 6.84. The monoisotopic (exact) mass is 461 g/mol. The Bertz CT molecular complexity index is 1260. The summed E-state index contributed by atoms with van der Waals surface area (Å²) >= 11 is 0. The summed E-state index contributed by atoms with van der Waals surface area (Å²) in [6.45, 7) is 2.62. The normalized spacial score (nSPS) is 17.4. The summed E-state index contributed by atoms with van der Waals surface area (Å²) in [4.78, 5) is 15.5. The Hall–Kier alpha value is -3.20. The summed E-state index contributed by atoms with van der Waals surface area (Å²) < 4.78 is 13.6. The number of rotatable bonds is 4. The largest absolute Gasteiger partial charge is 0.331 e. The van der Waals surface area contributed by atoms with Gasteiger partial charge in [0.25, 0.3) is 5.91 Å². The van der Waals surface area contributed by atoms with E-state index in [-0.39, 0.29) is 24.1 Å². The highest BCUT2D eigenvalue weighted by atomic mass is 35.5. The molecule has 0 spiro atoms. The third kappa shape index (κ3) is 4.13. The number of hydrogen-bond donors (Lipinski definition) is 1. The molecule has 168 valence electrons. The molecule has 0 saturated carbocycles. The summed E-state index contributed by atoms with van der Waals surface area (Å²) in [5, 5.41) is 14.9. The first-order chi connectivity index (χ1) is 15.6. The fraction of sp³-hybridized carbons (Fsp3) is 0.259. The molecule has 2 heterocycles. The fourth-order valence-corrected chi connectivity index (χ4v) is 5.21. The van der Waals surface area contributed by atoms with Crippen LogP contribution in [0.4, 0.5) is 4.39 Å². The van der Waals surface area contributed by atoms with Crippen molar-refractivity contribution >= 4 is 29.1 Å². The maximum Gasteiger partial charge on any atom is 0.251 e. The Labute approximate surface area is 199 Å². The van der Waals surface area contributed by atoms with Gasteiger partial charge < -0.3 is 10.2 Å². The highest BCUT2D eigenvalue weighted by molar-refractivity contribution is 5.99. The van der Waals surface area contributed by atoms with Crippen LogP contribution in [0.1, 0.15) is 29.5 Å². The lowest BCUT2D eigenvalue weighted by Gasteiger charge is -2.39. The van der Waals surface area contributed by atoms with Gasteiger partial charge in [-0.3, -0.25) is 4.79 Å². The number of carbonyl (C=O) groups excluding carboxylic acids is 1. The van der Waals surface area contributed by atoms with E-state index in [9.17, 15) is 14.4 Å². The van der Waals surface area contributed by atoms with Gasteiger partial charge in [-0.05, 0) is 72.1 Å². The molecule has 0 aromatic heterocycles. The minimum Gasteiger partial charge on any atom is -0.331 e. The van der Waals surface area contributed by atoms with Crippen molar-refractivity contribution in [2.45, 2.75) is 24.8 Å². The van der Waals surface area contributed by atoms with Crippen LogP contribution in [0.25, 0.3) is 10.8 Å². The van der Waals surface area contributed by atoms with E-state index in [0.29, 0.717) is 18.7 Å². The predicted octanol–water partition coefficient (Wildman–Crippen LogP) is 4.86. The lowest BCUT2D eigenvalue weighted by Crippen LogP contribution is -2.44. The van der Waals surface area contributed by atoms with E-state index in [0.717, 1.165) is 53.4 Å². The van der Waals surface area contributed by atoms with Crippen molar-refractivity contribution < 1.29 is 9.18 Å². The van der Waals surface area contributed by atoms with E-state index in [2.05, 4.69) is 11.4 Å². The highest BCUT2D eigenvalue weighted by Crippen LogP contribution is 2.43. The molecule has 0 aliphatic carbocycles. The second kappa shape index (κ2) is 9.35. The molecule has 33 heavy (non-hydrogen) atoms. The van der Waals surface area contributed by atoms with Crippen LogP contribution < -0.4 is 5.32 Å². The minimum atomic E-state index is -0.401. The molecule has 1 N–H and O–H groups in total. The topological polar surface area (TPSA) is 56.1 Å². The molecule has 6 heteroatoms. The van der Waals surface area contributed by atoms with Gasteiger partial charge in [-0.1, -0.05) is 42.5 Å². The summed E-state index contributed by atoms with van der Waals surface area (Å²) in [6.07, 6.45) is 3.65. The van der Waals surface area contributed by atoms with E-state index in [1.165, 1.54) is 12.1 Å². The van der Waals surface area contributed by atoms with Crippen molar-refractivity contribution in [1.29, 1.82) is 5.26 Å². The number of nitrogens with zero attached hydrogens (tertiary/aromatic N) is 2. The third-order valence-corrected chi connectivity index (χ3v) is 6.84. The number of amides is 1. The summed E-state index contributed by atoms with van der Waals surface area (Å²) in [7, 11) is 0. The van der Waals surface area contributed by atoms with Gasteiger partial charge in [0.15, 0.2) is 0 Å². The van der Waals surface area contributed by atoms with Crippen molar-refractivity contribution in [3.63, 3.8) is 0 Å². The number of nitrogens with one attached hydrogen (secondary N) is 1. The lowest BCUT2D eigenvalue weighted by atomic mass is 9.68. The zero-order valence-corrected chi connectivity index (χ0v) is 19.0. The predicted molar refractivity (Wildman–Crippen MR) is 130 cm³/mol. The zero-order chi connectivity index (χ0) is 22.1. The molecule has 4 nitrogen and oxygen atoms in total. The maximum absolute atomic E-state index is 13.6. The Balaban J connectivity index is 0.00000259. The first-order valence-corrected chi connectivity index (χ1v) is 11.0.